The van der Waals surface area contributed by atoms with Crippen LogP contribution in [0.15, 0.2) is 54.6 Å². The summed E-state index contributed by atoms with van der Waals surface area (Å²) in [4.78, 5) is 16.0. The monoisotopic (exact) mass is 314 g/mol. The van der Waals surface area contributed by atoms with E-state index >= 15 is 0 Å². The van der Waals surface area contributed by atoms with Gasteiger partial charge in [-0.3, -0.25) is 9.69 Å². The van der Waals surface area contributed by atoms with Gasteiger partial charge in [-0.25, -0.2) is 4.39 Å². The van der Waals surface area contributed by atoms with E-state index in [9.17, 15) is 9.18 Å². The number of benzene rings is 2. The highest BCUT2D eigenvalue weighted by Gasteiger charge is 2.12. The smallest absolute Gasteiger partial charge is 0.236 e. The molecule has 0 saturated heterocycles. The normalized spacial score (nSPS) is 10.8. The van der Waals surface area contributed by atoms with Gasteiger partial charge in [-0.1, -0.05) is 42.5 Å². The molecule has 0 aromatic heterocycles. The molecule has 2 aromatic rings. The summed E-state index contributed by atoms with van der Waals surface area (Å²) in [5.74, 6) is -0.147. The first-order valence-corrected chi connectivity index (χ1v) is 7.75. The lowest BCUT2D eigenvalue weighted by Crippen LogP contribution is -2.37. The first kappa shape index (κ1) is 17.2. The molecule has 0 radical (unpaired) electrons. The zero-order valence-electron chi connectivity index (χ0n) is 13.7. The number of rotatable bonds is 7. The Hall–Kier alpha value is -2.20. The van der Waals surface area contributed by atoms with Crippen molar-refractivity contribution < 1.29 is 9.18 Å². The van der Waals surface area contributed by atoms with Crippen molar-refractivity contribution in [2.75, 3.05) is 27.2 Å². The van der Waals surface area contributed by atoms with E-state index < -0.39 is 0 Å². The quantitative estimate of drug-likeness (QED) is 0.784. The largest absolute Gasteiger partial charge is 0.344 e. The van der Waals surface area contributed by atoms with Gasteiger partial charge in [0, 0.05) is 20.1 Å². The molecule has 0 N–H and O–H groups in total. The third kappa shape index (κ3) is 5.83. The Bertz CT molecular complexity index is 613. The highest BCUT2D eigenvalue weighted by Crippen LogP contribution is 2.05. The number of nitrogens with zero attached hydrogens (tertiary/aromatic N) is 2. The van der Waals surface area contributed by atoms with Crippen LogP contribution in [0.25, 0.3) is 0 Å². The summed E-state index contributed by atoms with van der Waals surface area (Å²) >= 11 is 0. The van der Waals surface area contributed by atoms with Crippen molar-refractivity contribution in [3.05, 3.63) is 71.5 Å². The molecule has 0 unspecified atom stereocenters. The van der Waals surface area contributed by atoms with E-state index in [0.29, 0.717) is 13.1 Å². The lowest BCUT2D eigenvalue weighted by molar-refractivity contribution is -0.130. The van der Waals surface area contributed by atoms with E-state index in [4.69, 9.17) is 0 Å². The van der Waals surface area contributed by atoms with Crippen LogP contribution in [0.4, 0.5) is 4.39 Å². The summed E-state index contributed by atoms with van der Waals surface area (Å²) < 4.78 is 12.9. The topological polar surface area (TPSA) is 23.6 Å². The Balaban J connectivity index is 1.76. The van der Waals surface area contributed by atoms with E-state index in [1.807, 2.05) is 37.2 Å². The van der Waals surface area contributed by atoms with Crippen LogP contribution >= 0.6 is 0 Å². The van der Waals surface area contributed by atoms with E-state index in [0.717, 1.165) is 18.5 Å². The van der Waals surface area contributed by atoms with Gasteiger partial charge in [-0.05, 0) is 36.7 Å². The van der Waals surface area contributed by atoms with Gasteiger partial charge < -0.3 is 4.90 Å². The molecule has 1 amide bonds. The zero-order valence-corrected chi connectivity index (χ0v) is 13.7. The number of carbonyl (C=O) groups is 1. The van der Waals surface area contributed by atoms with Gasteiger partial charge in [0.25, 0.3) is 0 Å². The van der Waals surface area contributed by atoms with Gasteiger partial charge in [-0.15, -0.1) is 0 Å². The lowest BCUT2D eigenvalue weighted by atomic mass is 10.1. The fraction of sp³-hybridized carbons (Fsp3) is 0.316. The standard InChI is InChI=1S/C19H23FN2O/c1-21(14-17-6-4-3-5-7-17)15-19(23)22(2)13-12-16-8-10-18(20)11-9-16/h3-11H,12-15H2,1-2H3. The molecule has 3 nitrogen and oxygen atoms in total. The second kappa shape index (κ2) is 8.44. The molecular weight excluding hydrogens is 291 g/mol. The molecular formula is C19H23FN2O. The zero-order chi connectivity index (χ0) is 16.7. The maximum Gasteiger partial charge on any atom is 0.236 e. The van der Waals surface area contributed by atoms with Crippen molar-refractivity contribution in [1.29, 1.82) is 0 Å². The molecule has 0 spiro atoms. The highest BCUT2D eigenvalue weighted by molar-refractivity contribution is 5.77. The average molecular weight is 314 g/mol. The van der Waals surface area contributed by atoms with Gasteiger partial charge in [0.05, 0.1) is 6.54 Å². The lowest BCUT2D eigenvalue weighted by Gasteiger charge is -2.22. The molecule has 2 rings (SSSR count). The maximum absolute atomic E-state index is 12.9. The molecule has 0 aliphatic rings. The third-order valence-corrected chi connectivity index (χ3v) is 3.78. The van der Waals surface area contributed by atoms with Crippen LogP contribution in [0.2, 0.25) is 0 Å². The molecule has 122 valence electrons. The summed E-state index contributed by atoms with van der Waals surface area (Å²) in [7, 11) is 3.75. The van der Waals surface area contributed by atoms with Crippen LogP contribution in [0.3, 0.4) is 0 Å². The predicted molar refractivity (Wildman–Crippen MR) is 90.5 cm³/mol. The Kier molecular flexibility index (Phi) is 6.29. The fourth-order valence-electron chi connectivity index (χ4n) is 2.38. The van der Waals surface area contributed by atoms with Crippen molar-refractivity contribution in [1.82, 2.24) is 9.80 Å². The summed E-state index contributed by atoms with van der Waals surface area (Å²) in [6.45, 7) is 1.76. The molecule has 0 bridgehead atoms. The molecule has 0 fully saturated rings. The molecule has 4 heteroatoms. The van der Waals surface area contributed by atoms with Crippen LogP contribution in [0.5, 0.6) is 0 Å². The van der Waals surface area contributed by atoms with E-state index in [1.54, 1.807) is 17.0 Å². The second-order valence-electron chi connectivity index (χ2n) is 5.85. The minimum atomic E-state index is -0.235. The van der Waals surface area contributed by atoms with Crippen LogP contribution in [0, 0.1) is 5.82 Å². The van der Waals surface area contributed by atoms with Crippen LogP contribution in [0.1, 0.15) is 11.1 Å². The minimum Gasteiger partial charge on any atom is -0.344 e. The van der Waals surface area contributed by atoms with Gasteiger partial charge in [0.2, 0.25) is 5.91 Å². The Morgan fingerprint density at radius 2 is 1.61 bits per heavy atom. The molecule has 0 saturated carbocycles. The van der Waals surface area contributed by atoms with Crippen molar-refractivity contribution in [2.45, 2.75) is 13.0 Å². The number of hydrogen-bond donors (Lipinski definition) is 0. The number of amides is 1. The van der Waals surface area contributed by atoms with Gasteiger partial charge >= 0.3 is 0 Å². The Labute approximate surface area is 137 Å². The molecule has 23 heavy (non-hydrogen) atoms. The van der Waals surface area contributed by atoms with Crippen molar-refractivity contribution in [3.8, 4) is 0 Å². The van der Waals surface area contributed by atoms with Crippen molar-refractivity contribution in [2.24, 2.45) is 0 Å². The van der Waals surface area contributed by atoms with Crippen LogP contribution in [-0.4, -0.2) is 42.9 Å². The van der Waals surface area contributed by atoms with Gasteiger partial charge in [0.1, 0.15) is 5.82 Å². The first-order valence-electron chi connectivity index (χ1n) is 7.75. The second-order valence-corrected chi connectivity index (χ2v) is 5.85. The Morgan fingerprint density at radius 1 is 0.957 bits per heavy atom. The molecule has 0 aliphatic heterocycles. The number of halogens is 1. The van der Waals surface area contributed by atoms with E-state index in [2.05, 4.69) is 12.1 Å². The molecule has 0 heterocycles. The summed E-state index contributed by atoms with van der Waals surface area (Å²) in [6.07, 6.45) is 0.727. The summed E-state index contributed by atoms with van der Waals surface area (Å²) in [5, 5.41) is 0. The van der Waals surface area contributed by atoms with Crippen LogP contribution in [-0.2, 0) is 17.8 Å². The number of likely N-dealkylation sites (N-methyl/N-ethyl adjacent to an activating group) is 2. The summed E-state index contributed by atoms with van der Waals surface area (Å²) in [6, 6.07) is 16.5. The molecule has 0 atom stereocenters. The molecule has 0 aliphatic carbocycles. The predicted octanol–water partition coefficient (Wildman–Crippen LogP) is 2.96. The first-order chi connectivity index (χ1) is 11.0. The maximum atomic E-state index is 12.9. The van der Waals surface area contributed by atoms with Crippen molar-refractivity contribution >= 4 is 5.91 Å². The SMILES string of the molecule is CN(CC(=O)N(C)CCc1ccc(F)cc1)Cc1ccccc1. The highest BCUT2D eigenvalue weighted by atomic mass is 19.1. The van der Waals surface area contributed by atoms with Crippen LogP contribution < -0.4 is 0 Å². The summed E-state index contributed by atoms with van der Waals surface area (Å²) in [5.41, 5.74) is 2.22. The Morgan fingerprint density at radius 3 is 2.26 bits per heavy atom. The van der Waals surface area contributed by atoms with E-state index in [1.165, 1.54) is 17.7 Å². The average Bonchev–Trinajstić information content (AvgIpc) is 2.54. The molecule has 2 aromatic carbocycles. The van der Waals surface area contributed by atoms with E-state index in [-0.39, 0.29) is 11.7 Å². The third-order valence-electron chi connectivity index (χ3n) is 3.78. The fourth-order valence-corrected chi connectivity index (χ4v) is 2.38. The minimum absolute atomic E-state index is 0.0885. The van der Waals surface area contributed by atoms with Crippen molar-refractivity contribution in [3.63, 3.8) is 0 Å². The van der Waals surface area contributed by atoms with Gasteiger partial charge in [-0.2, -0.15) is 0 Å². The number of hydrogen-bond acceptors (Lipinski definition) is 2. The number of carbonyl (C=O) groups excluding carboxylic acids is 1. The van der Waals surface area contributed by atoms with Gasteiger partial charge in [0.15, 0.2) is 0 Å².